The number of amides is 1. The molecule has 0 spiro atoms. The van der Waals surface area contributed by atoms with E-state index >= 15 is 0 Å². The maximum absolute atomic E-state index is 11.7. The number of ether oxygens (including phenoxy) is 1. The lowest BCUT2D eigenvalue weighted by Gasteiger charge is -2.20. The van der Waals surface area contributed by atoms with Gasteiger partial charge in [-0.15, -0.1) is 0 Å². The molecule has 19 heavy (non-hydrogen) atoms. The minimum atomic E-state index is -0.441. The molecule has 1 aromatic carbocycles. The van der Waals surface area contributed by atoms with Crippen LogP contribution in [0.2, 0.25) is 0 Å². The molecule has 3 N–H and O–H groups in total. The Labute approximate surface area is 114 Å². The van der Waals surface area contributed by atoms with Gasteiger partial charge >= 0.3 is 0 Å². The Hall–Kier alpha value is -1.39. The lowest BCUT2D eigenvalue weighted by Crippen LogP contribution is -2.38. The second kappa shape index (κ2) is 6.17. The van der Waals surface area contributed by atoms with E-state index in [0.717, 1.165) is 36.1 Å². The van der Waals surface area contributed by atoms with E-state index in [9.17, 15) is 4.79 Å². The van der Waals surface area contributed by atoms with E-state index in [1.54, 1.807) is 0 Å². The van der Waals surface area contributed by atoms with Crippen molar-refractivity contribution in [3.63, 3.8) is 0 Å². The first-order valence-corrected chi connectivity index (χ1v) is 6.79. The predicted molar refractivity (Wildman–Crippen MR) is 74.8 cm³/mol. The second-order valence-electron chi connectivity index (χ2n) is 5.24. The van der Waals surface area contributed by atoms with Crippen LogP contribution >= 0.6 is 0 Å². The SMILES string of the molecule is Cc1ccc(C)c(C(NCC2CCCO2)C(N)=O)c1. The van der Waals surface area contributed by atoms with Crippen LogP contribution in [0.25, 0.3) is 0 Å². The predicted octanol–water partition coefficient (Wildman–Crippen LogP) is 1.60. The molecule has 1 saturated heterocycles. The lowest BCUT2D eigenvalue weighted by atomic mass is 9.98. The summed E-state index contributed by atoms with van der Waals surface area (Å²) in [4.78, 5) is 11.7. The van der Waals surface area contributed by atoms with Crippen LogP contribution < -0.4 is 11.1 Å². The third-order valence-electron chi connectivity index (χ3n) is 3.60. The summed E-state index contributed by atoms with van der Waals surface area (Å²) in [5, 5.41) is 3.25. The molecule has 4 heteroatoms. The normalized spacial score (nSPS) is 20.4. The molecule has 104 valence electrons. The zero-order chi connectivity index (χ0) is 13.8. The van der Waals surface area contributed by atoms with Gasteiger partial charge in [-0.3, -0.25) is 10.1 Å². The summed E-state index contributed by atoms with van der Waals surface area (Å²) in [6.45, 7) is 5.50. The van der Waals surface area contributed by atoms with Gasteiger partial charge in [-0.2, -0.15) is 0 Å². The molecule has 1 aliphatic heterocycles. The zero-order valence-corrected chi connectivity index (χ0v) is 11.6. The van der Waals surface area contributed by atoms with Crippen molar-refractivity contribution in [3.05, 3.63) is 34.9 Å². The molecule has 2 unspecified atom stereocenters. The van der Waals surface area contributed by atoms with Crippen LogP contribution in [0.5, 0.6) is 0 Å². The van der Waals surface area contributed by atoms with Crippen LogP contribution in [0.15, 0.2) is 18.2 Å². The Morgan fingerprint density at radius 2 is 2.32 bits per heavy atom. The molecule has 0 aromatic heterocycles. The summed E-state index contributed by atoms with van der Waals surface area (Å²) in [6.07, 6.45) is 2.34. The lowest BCUT2D eigenvalue weighted by molar-refractivity contribution is -0.120. The van der Waals surface area contributed by atoms with Crippen molar-refractivity contribution in [2.45, 2.75) is 38.8 Å². The first-order valence-electron chi connectivity index (χ1n) is 6.79. The minimum Gasteiger partial charge on any atom is -0.377 e. The molecule has 0 bridgehead atoms. The molecule has 4 nitrogen and oxygen atoms in total. The van der Waals surface area contributed by atoms with Gasteiger partial charge in [-0.05, 0) is 37.8 Å². The topological polar surface area (TPSA) is 64.3 Å². The van der Waals surface area contributed by atoms with Crippen LogP contribution in [0, 0.1) is 13.8 Å². The van der Waals surface area contributed by atoms with E-state index in [1.807, 2.05) is 32.0 Å². The Kier molecular flexibility index (Phi) is 4.56. The average Bonchev–Trinajstić information content (AvgIpc) is 2.86. The number of rotatable bonds is 5. The summed E-state index contributed by atoms with van der Waals surface area (Å²) in [5.74, 6) is -0.341. The fourth-order valence-corrected chi connectivity index (χ4v) is 2.49. The van der Waals surface area contributed by atoms with E-state index < -0.39 is 6.04 Å². The molecule has 0 radical (unpaired) electrons. The molecule has 1 heterocycles. The summed E-state index contributed by atoms with van der Waals surface area (Å²) in [7, 11) is 0. The van der Waals surface area contributed by atoms with E-state index in [1.165, 1.54) is 0 Å². The minimum absolute atomic E-state index is 0.201. The van der Waals surface area contributed by atoms with Crippen molar-refractivity contribution in [3.8, 4) is 0 Å². The number of hydrogen-bond donors (Lipinski definition) is 2. The van der Waals surface area contributed by atoms with Crippen molar-refractivity contribution in [1.82, 2.24) is 5.32 Å². The first kappa shape index (κ1) is 14.0. The maximum Gasteiger partial charge on any atom is 0.239 e. The summed E-state index contributed by atoms with van der Waals surface area (Å²) in [6, 6.07) is 5.64. The zero-order valence-electron chi connectivity index (χ0n) is 11.6. The quantitative estimate of drug-likeness (QED) is 0.847. The van der Waals surface area contributed by atoms with Gasteiger partial charge in [0.05, 0.1) is 6.10 Å². The molecule has 1 fully saturated rings. The van der Waals surface area contributed by atoms with E-state index in [-0.39, 0.29) is 12.0 Å². The molecule has 1 amide bonds. The highest BCUT2D eigenvalue weighted by Crippen LogP contribution is 2.20. The van der Waals surface area contributed by atoms with Gasteiger partial charge in [0.2, 0.25) is 5.91 Å². The van der Waals surface area contributed by atoms with Gasteiger partial charge in [-0.25, -0.2) is 0 Å². The van der Waals surface area contributed by atoms with E-state index in [4.69, 9.17) is 10.5 Å². The molecule has 0 aliphatic carbocycles. The van der Waals surface area contributed by atoms with Crippen LogP contribution in [-0.4, -0.2) is 25.2 Å². The average molecular weight is 262 g/mol. The van der Waals surface area contributed by atoms with Crippen molar-refractivity contribution in [1.29, 1.82) is 0 Å². The molecule has 1 aromatic rings. The van der Waals surface area contributed by atoms with Gasteiger partial charge in [-0.1, -0.05) is 23.8 Å². The highest BCUT2D eigenvalue weighted by atomic mass is 16.5. The van der Waals surface area contributed by atoms with Gasteiger partial charge < -0.3 is 10.5 Å². The van der Waals surface area contributed by atoms with Crippen LogP contribution in [0.1, 0.15) is 35.6 Å². The fraction of sp³-hybridized carbons (Fsp3) is 0.533. The van der Waals surface area contributed by atoms with Gasteiger partial charge in [0, 0.05) is 13.2 Å². The Balaban J connectivity index is 2.10. The second-order valence-corrected chi connectivity index (χ2v) is 5.24. The largest absolute Gasteiger partial charge is 0.377 e. The number of benzene rings is 1. The number of hydrogen-bond acceptors (Lipinski definition) is 3. The first-order chi connectivity index (χ1) is 9.08. The Bertz CT molecular complexity index is 453. The monoisotopic (exact) mass is 262 g/mol. The van der Waals surface area contributed by atoms with Crippen molar-refractivity contribution < 1.29 is 9.53 Å². The summed E-state index contributed by atoms with van der Waals surface area (Å²) < 4.78 is 5.56. The molecule has 2 rings (SSSR count). The number of aryl methyl sites for hydroxylation is 2. The molecule has 1 aliphatic rings. The van der Waals surface area contributed by atoms with Crippen molar-refractivity contribution >= 4 is 5.91 Å². The van der Waals surface area contributed by atoms with Crippen LogP contribution in [-0.2, 0) is 9.53 Å². The summed E-state index contributed by atoms with van der Waals surface area (Å²) >= 11 is 0. The molecule has 2 atom stereocenters. The Morgan fingerprint density at radius 1 is 1.53 bits per heavy atom. The van der Waals surface area contributed by atoms with Gasteiger partial charge in [0.1, 0.15) is 6.04 Å². The third-order valence-corrected chi connectivity index (χ3v) is 3.60. The number of primary amides is 1. The smallest absolute Gasteiger partial charge is 0.239 e. The third kappa shape index (κ3) is 3.55. The fourth-order valence-electron chi connectivity index (χ4n) is 2.49. The van der Waals surface area contributed by atoms with Crippen molar-refractivity contribution in [2.75, 3.05) is 13.2 Å². The van der Waals surface area contributed by atoms with Gasteiger partial charge in [0.25, 0.3) is 0 Å². The van der Waals surface area contributed by atoms with E-state index in [0.29, 0.717) is 6.54 Å². The van der Waals surface area contributed by atoms with Crippen molar-refractivity contribution in [2.24, 2.45) is 5.73 Å². The number of carbonyl (C=O) groups excluding carboxylic acids is 1. The van der Waals surface area contributed by atoms with Crippen LogP contribution in [0.3, 0.4) is 0 Å². The molecular weight excluding hydrogens is 240 g/mol. The number of nitrogens with two attached hydrogens (primary N) is 1. The summed E-state index contributed by atoms with van der Waals surface area (Å²) in [5.41, 5.74) is 8.70. The molecular formula is C15H22N2O2. The highest BCUT2D eigenvalue weighted by molar-refractivity contribution is 5.82. The highest BCUT2D eigenvalue weighted by Gasteiger charge is 2.22. The standard InChI is InChI=1S/C15H22N2O2/c1-10-5-6-11(2)13(8-10)14(15(16)18)17-9-12-4-3-7-19-12/h5-6,8,12,14,17H,3-4,7,9H2,1-2H3,(H2,16,18). The molecule has 0 saturated carbocycles. The van der Waals surface area contributed by atoms with Gasteiger partial charge in [0.15, 0.2) is 0 Å². The number of nitrogens with one attached hydrogen (secondary N) is 1. The van der Waals surface area contributed by atoms with E-state index in [2.05, 4.69) is 5.32 Å². The Morgan fingerprint density at radius 3 is 2.95 bits per heavy atom. The number of carbonyl (C=O) groups is 1. The maximum atomic E-state index is 11.7. The van der Waals surface area contributed by atoms with Crippen LogP contribution in [0.4, 0.5) is 0 Å².